The summed E-state index contributed by atoms with van der Waals surface area (Å²) in [6, 6.07) is 4.04. The van der Waals surface area contributed by atoms with Gasteiger partial charge < -0.3 is 5.73 Å². The summed E-state index contributed by atoms with van der Waals surface area (Å²) in [6.45, 7) is 6.72. The zero-order chi connectivity index (χ0) is 16.6. The van der Waals surface area contributed by atoms with Crippen molar-refractivity contribution in [2.24, 2.45) is 0 Å². The van der Waals surface area contributed by atoms with Crippen LogP contribution in [0.5, 0.6) is 0 Å². The first-order valence-corrected chi connectivity index (χ1v) is 10.5. The van der Waals surface area contributed by atoms with E-state index in [2.05, 4.69) is 41.8 Å². The molecule has 122 valence electrons. The van der Waals surface area contributed by atoms with E-state index in [0.717, 1.165) is 16.5 Å². The third kappa shape index (κ3) is 3.61. The van der Waals surface area contributed by atoms with Crippen LogP contribution in [0.15, 0.2) is 33.4 Å². The second-order valence-corrected chi connectivity index (χ2v) is 9.31. The van der Waals surface area contributed by atoms with Crippen molar-refractivity contribution in [2.75, 3.05) is 17.7 Å². The van der Waals surface area contributed by atoms with Gasteiger partial charge in [0.05, 0.1) is 10.9 Å². The molecule has 0 saturated heterocycles. The lowest BCUT2D eigenvalue weighted by Gasteiger charge is -2.19. The molecule has 1 atom stereocenters. The van der Waals surface area contributed by atoms with Crippen molar-refractivity contribution < 1.29 is 0 Å². The molecule has 1 aliphatic rings. The molecule has 2 N–H and O–H groups in total. The maximum Gasteiger partial charge on any atom is 0.191 e. The number of rotatable bonds is 4. The summed E-state index contributed by atoms with van der Waals surface area (Å²) in [7, 11) is 0. The van der Waals surface area contributed by atoms with Gasteiger partial charge in [-0.05, 0) is 24.8 Å². The van der Waals surface area contributed by atoms with Crippen molar-refractivity contribution in [1.82, 2.24) is 15.0 Å². The minimum atomic E-state index is 0.179. The van der Waals surface area contributed by atoms with Crippen LogP contribution in [0.4, 0.5) is 5.82 Å². The van der Waals surface area contributed by atoms with Crippen LogP contribution in [0.25, 0.3) is 0 Å². The Bertz CT molecular complexity index is 733. The van der Waals surface area contributed by atoms with E-state index >= 15 is 0 Å². The molecule has 3 rings (SSSR count). The molecule has 4 nitrogen and oxygen atoms in total. The molecule has 0 bridgehead atoms. The molecule has 0 aromatic carbocycles. The maximum absolute atomic E-state index is 5.86. The number of nitrogens with zero attached hydrogens (tertiary/aromatic N) is 3. The second-order valence-electron chi connectivity index (χ2n) is 6.16. The summed E-state index contributed by atoms with van der Waals surface area (Å²) in [5.74, 6) is 1.63. The van der Waals surface area contributed by atoms with Crippen LogP contribution in [0.1, 0.15) is 37.3 Å². The summed E-state index contributed by atoms with van der Waals surface area (Å²) in [5.41, 5.74) is 8.54. The number of hydrogen-bond donors (Lipinski definition) is 1. The molecule has 7 heteroatoms. The van der Waals surface area contributed by atoms with E-state index in [1.807, 2.05) is 24.2 Å². The van der Waals surface area contributed by atoms with Crippen LogP contribution in [0, 0.1) is 0 Å². The highest BCUT2D eigenvalue weighted by molar-refractivity contribution is 8.00. The SMILES string of the molecule is CSc1cc(N)nc(SC(C)c2cc3c(cn2)SCC3(C)C)n1. The lowest BCUT2D eigenvalue weighted by atomic mass is 9.87. The summed E-state index contributed by atoms with van der Waals surface area (Å²) in [6.07, 6.45) is 4.00. The van der Waals surface area contributed by atoms with Gasteiger partial charge >= 0.3 is 0 Å². The van der Waals surface area contributed by atoms with Gasteiger partial charge in [-0.25, -0.2) is 9.97 Å². The Morgan fingerprint density at radius 3 is 2.83 bits per heavy atom. The molecule has 23 heavy (non-hydrogen) atoms. The quantitative estimate of drug-likeness (QED) is 0.489. The number of nitrogens with two attached hydrogens (primary N) is 1. The summed E-state index contributed by atoms with van der Waals surface area (Å²) < 4.78 is 0. The number of aromatic nitrogens is 3. The first-order chi connectivity index (χ1) is 10.9. The monoisotopic (exact) mass is 364 g/mol. The van der Waals surface area contributed by atoms with Gasteiger partial charge in [-0.15, -0.1) is 23.5 Å². The van der Waals surface area contributed by atoms with Gasteiger partial charge in [0.2, 0.25) is 0 Å². The Morgan fingerprint density at radius 2 is 2.09 bits per heavy atom. The Hall–Kier alpha value is -0.920. The molecule has 0 aliphatic carbocycles. The van der Waals surface area contributed by atoms with Gasteiger partial charge in [-0.1, -0.05) is 25.6 Å². The Labute approximate surface area is 149 Å². The first kappa shape index (κ1) is 16.9. The lowest BCUT2D eigenvalue weighted by molar-refractivity contribution is 0.601. The standard InChI is InChI=1S/C16H20N4S3/c1-9(23-15-19-13(17)6-14(20-15)21-4)11-5-10-12(7-18-11)22-8-16(10,2)3/h5-7,9H,8H2,1-4H3,(H2,17,19,20). The minimum absolute atomic E-state index is 0.179. The number of pyridine rings is 1. The Morgan fingerprint density at radius 1 is 1.30 bits per heavy atom. The molecule has 2 aromatic heterocycles. The zero-order valence-corrected chi connectivity index (χ0v) is 16.1. The van der Waals surface area contributed by atoms with Crippen LogP contribution in [-0.2, 0) is 5.41 Å². The Balaban J connectivity index is 1.84. The third-order valence-electron chi connectivity index (χ3n) is 3.82. The number of thioether (sulfide) groups is 3. The van der Waals surface area contributed by atoms with Gasteiger partial charge in [0, 0.05) is 28.3 Å². The number of fused-ring (bicyclic) bond motifs is 1. The average Bonchev–Trinajstić information content (AvgIpc) is 2.81. The van der Waals surface area contributed by atoms with Gasteiger partial charge in [0.25, 0.3) is 0 Å². The molecule has 2 aromatic rings. The van der Waals surface area contributed by atoms with Crippen LogP contribution in [0.3, 0.4) is 0 Å². The molecular formula is C16H20N4S3. The smallest absolute Gasteiger partial charge is 0.191 e. The molecule has 0 fully saturated rings. The van der Waals surface area contributed by atoms with E-state index in [0.29, 0.717) is 11.0 Å². The van der Waals surface area contributed by atoms with Gasteiger partial charge in [0.1, 0.15) is 10.8 Å². The van der Waals surface area contributed by atoms with Gasteiger partial charge in [-0.3, -0.25) is 4.98 Å². The Kier molecular flexibility index (Phi) is 4.80. The molecule has 0 saturated carbocycles. The van der Waals surface area contributed by atoms with Crippen molar-refractivity contribution in [3.8, 4) is 0 Å². The van der Waals surface area contributed by atoms with Gasteiger partial charge in [0.15, 0.2) is 5.16 Å². The molecule has 1 unspecified atom stereocenters. The van der Waals surface area contributed by atoms with Crippen LogP contribution in [-0.4, -0.2) is 27.0 Å². The van der Waals surface area contributed by atoms with Crippen molar-refractivity contribution >= 4 is 41.1 Å². The normalized spacial score (nSPS) is 17.0. The minimum Gasteiger partial charge on any atom is -0.384 e. The second kappa shape index (κ2) is 6.53. The van der Waals surface area contributed by atoms with Crippen molar-refractivity contribution in [3.05, 3.63) is 29.6 Å². The number of anilines is 1. The van der Waals surface area contributed by atoms with Crippen molar-refractivity contribution in [1.29, 1.82) is 0 Å². The van der Waals surface area contributed by atoms with Crippen LogP contribution in [0.2, 0.25) is 0 Å². The zero-order valence-electron chi connectivity index (χ0n) is 13.7. The first-order valence-electron chi connectivity index (χ1n) is 7.37. The van der Waals surface area contributed by atoms with E-state index in [1.165, 1.54) is 10.5 Å². The molecule has 0 spiro atoms. The summed E-state index contributed by atoms with van der Waals surface area (Å²) in [5, 5.41) is 1.78. The fraction of sp³-hybridized carbons (Fsp3) is 0.438. The van der Waals surface area contributed by atoms with E-state index in [-0.39, 0.29) is 10.7 Å². The van der Waals surface area contributed by atoms with Crippen LogP contribution < -0.4 is 5.73 Å². The highest BCUT2D eigenvalue weighted by Crippen LogP contribution is 2.44. The molecular weight excluding hydrogens is 344 g/mol. The van der Waals surface area contributed by atoms with Crippen LogP contribution >= 0.6 is 35.3 Å². The fourth-order valence-electron chi connectivity index (χ4n) is 2.46. The third-order valence-corrected chi connectivity index (χ3v) is 6.93. The van der Waals surface area contributed by atoms with Crippen molar-refractivity contribution in [2.45, 2.75) is 46.5 Å². The molecule has 3 heterocycles. The molecule has 0 radical (unpaired) electrons. The molecule has 0 amide bonds. The number of nitrogen functional groups attached to an aromatic ring is 1. The topological polar surface area (TPSA) is 64.7 Å². The van der Waals surface area contributed by atoms with E-state index in [4.69, 9.17) is 5.73 Å². The van der Waals surface area contributed by atoms with Gasteiger partial charge in [-0.2, -0.15) is 0 Å². The highest BCUT2D eigenvalue weighted by Gasteiger charge is 2.31. The largest absolute Gasteiger partial charge is 0.384 e. The summed E-state index contributed by atoms with van der Waals surface area (Å²) in [4.78, 5) is 14.8. The lowest BCUT2D eigenvalue weighted by Crippen LogP contribution is -2.16. The van der Waals surface area contributed by atoms with E-state index < -0.39 is 0 Å². The average molecular weight is 365 g/mol. The van der Waals surface area contributed by atoms with Crippen molar-refractivity contribution in [3.63, 3.8) is 0 Å². The number of hydrogen-bond acceptors (Lipinski definition) is 7. The highest BCUT2D eigenvalue weighted by atomic mass is 32.2. The fourth-order valence-corrected chi connectivity index (χ4v) is 5.10. The van der Waals surface area contributed by atoms with E-state index in [1.54, 1.807) is 29.6 Å². The predicted molar refractivity (Wildman–Crippen MR) is 100 cm³/mol. The van der Waals surface area contributed by atoms with E-state index in [9.17, 15) is 0 Å². The molecule has 1 aliphatic heterocycles. The predicted octanol–water partition coefficient (Wildman–Crippen LogP) is 4.41. The maximum atomic E-state index is 5.86. The summed E-state index contributed by atoms with van der Waals surface area (Å²) >= 11 is 5.07.